The van der Waals surface area contributed by atoms with Crippen LogP contribution in [0.4, 0.5) is 4.39 Å². The molecule has 0 N–H and O–H groups in total. The molecule has 2 atom stereocenters. The van der Waals surface area contributed by atoms with Crippen molar-refractivity contribution in [2.75, 3.05) is 0 Å². The lowest BCUT2D eigenvalue weighted by Gasteiger charge is -2.15. The molecule has 0 saturated heterocycles. The number of carbonyl (C=O) groups excluding carboxylic acids is 1. The predicted octanol–water partition coefficient (Wildman–Crippen LogP) is 7.72. The van der Waals surface area contributed by atoms with E-state index in [1.54, 1.807) is 19.1 Å². The van der Waals surface area contributed by atoms with E-state index in [0.717, 1.165) is 30.5 Å². The lowest BCUT2D eigenvalue weighted by Crippen LogP contribution is -2.26. The molecule has 0 radical (unpaired) electrons. The van der Waals surface area contributed by atoms with Crippen LogP contribution in [0.3, 0.4) is 0 Å². The number of benzene rings is 1. The Labute approximate surface area is 187 Å². The molecular weight excluding hydrogens is 389 g/mol. The summed E-state index contributed by atoms with van der Waals surface area (Å²) in [6, 6.07) is 11.4. The van der Waals surface area contributed by atoms with Crippen molar-refractivity contribution in [3.05, 3.63) is 48.2 Å². The maximum Gasteiger partial charge on any atom is 0.317 e. The minimum absolute atomic E-state index is 0.395. The van der Waals surface area contributed by atoms with Gasteiger partial charge in [-0.2, -0.15) is 0 Å². The highest BCUT2D eigenvalue weighted by Gasteiger charge is 2.25. The molecule has 2 rings (SSSR count). The largest absolute Gasteiger partial charge is 0.426 e. The van der Waals surface area contributed by atoms with Gasteiger partial charge in [-0.1, -0.05) is 64.9 Å². The van der Waals surface area contributed by atoms with Gasteiger partial charge in [-0.05, 0) is 62.1 Å². The molecule has 0 aliphatic rings. The molecule has 0 aliphatic carbocycles. The minimum atomic E-state index is -1.16. The Morgan fingerprint density at radius 2 is 1.61 bits per heavy atom. The second kappa shape index (κ2) is 14.0. The lowest BCUT2D eigenvalue weighted by molar-refractivity contribution is -0.140. The number of aryl methyl sites for hydroxylation is 1. The zero-order chi connectivity index (χ0) is 22.5. The molecule has 3 nitrogen and oxygen atoms in total. The van der Waals surface area contributed by atoms with Crippen LogP contribution in [0.1, 0.15) is 84.1 Å². The van der Waals surface area contributed by atoms with Gasteiger partial charge in [0.2, 0.25) is 0 Å². The van der Waals surface area contributed by atoms with Crippen LogP contribution in [0.2, 0.25) is 0 Å². The Hall–Kier alpha value is -2.23. The van der Waals surface area contributed by atoms with Crippen molar-refractivity contribution in [2.24, 2.45) is 5.92 Å². The number of pyridine rings is 1. The number of halogens is 1. The fraction of sp³-hybridized carbons (Fsp3) is 0.556. The Kier molecular flexibility index (Phi) is 11.3. The van der Waals surface area contributed by atoms with Crippen molar-refractivity contribution in [2.45, 2.75) is 91.2 Å². The third-order valence-corrected chi connectivity index (χ3v) is 5.76. The van der Waals surface area contributed by atoms with E-state index < -0.39 is 18.1 Å². The van der Waals surface area contributed by atoms with Crippen molar-refractivity contribution in [3.8, 4) is 17.0 Å². The van der Waals surface area contributed by atoms with E-state index in [1.165, 1.54) is 44.1 Å². The van der Waals surface area contributed by atoms with Gasteiger partial charge < -0.3 is 4.74 Å². The first-order valence-electron chi connectivity index (χ1n) is 12.0. The molecule has 0 bridgehead atoms. The van der Waals surface area contributed by atoms with Gasteiger partial charge >= 0.3 is 5.97 Å². The van der Waals surface area contributed by atoms with E-state index in [0.29, 0.717) is 12.2 Å². The van der Waals surface area contributed by atoms with Gasteiger partial charge in [0.1, 0.15) is 11.9 Å². The fourth-order valence-electron chi connectivity index (χ4n) is 3.55. The summed E-state index contributed by atoms with van der Waals surface area (Å²) in [6.07, 6.45) is 11.7. The minimum Gasteiger partial charge on any atom is -0.426 e. The summed E-state index contributed by atoms with van der Waals surface area (Å²) in [5.41, 5.74) is 3.12. The summed E-state index contributed by atoms with van der Waals surface area (Å²) in [7, 11) is 0. The monoisotopic (exact) mass is 427 g/mol. The highest BCUT2D eigenvalue weighted by Crippen LogP contribution is 2.23. The molecule has 2 aromatic rings. The van der Waals surface area contributed by atoms with E-state index in [2.05, 4.69) is 18.0 Å². The van der Waals surface area contributed by atoms with E-state index in [1.807, 2.05) is 31.3 Å². The first-order chi connectivity index (χ1) is 15.0. The summed E-state index contributed by atoms with van der Waals surface area (Å²) in [5.74, 6) is -0.844. The second-order valence-electron chi connectivity index (χ2n) is 8.46. The summed E-state index contributed by atoms with van der Waals surface area (Å²) < 4.78 is 19.5. The summed E-state index contributed by atoms with van der Waals surface area (Å²) >= 11 is 0. The van der Waals surface area contributed by atoms with Crippen LogP contribution in [-0.2, 0) is 11.2 Å². The number of nitrogens with zero attached hydrogens (tertiary/aromatic N) is 1. The smallest absolute Gasteiger partial charge is 0.317 e. The second-order valence-corrected chi connectivity index (χ2v) is 8.46. The standard InChI is InChI=1S/C27H38FNO2/c1-4-6-8-9-10-11-12-22-14-19-26(29-20-22)23-15-17-24(18-16-23)31-27(30)21(3)25(28)13-7-5-2/h14-21,25H,4-13H2,1-3H3/t21-,25-/m1/s1. The molecule has 1 aromatic carbocycles. The maximum absolute atomic E-state index is 14.1. The van der Waals surface area contributed by atoms with Crippen LogP contribution in [-0.4, -0.2) is 17.1 Å². The number of aromatic nitrogens is 1. The number of hydrogen-bond acceptors (Lipinski definition) is 3. The number of esters is 1. The Morgan fingerprint density at radius 1 is 0.935 bits per heavy atom. The fourth-order valence-corrected chi connectivity index (χ4v) is 3.55. The van der Waals surface area contributed by atoms with Gasteiger partial charge in [-0.15, -0.1) is 0 Å². The normalized spacial score (nSPS) is 13.0. The van der Waals surface area contributed by atoms with Gasteiger partial charge in [-0.3, -0.25) is 9.78 Å². The summed E-state index contributed by atoms with van der Waals surface area (Å²) in [6.45, 7) is 5.84. The quantitative estimate of drug-likeness (QED) is 0.176. The average Bonchev–Trinajstić information content (AvgIpc) is 2.80. The lowest BCUT2D eigenvalue weighted by atomic mass is 10.0. The molecule has 0 fully saturated rings. The van der Waals surface area contributed by atoms with Gasteiger partial charge in [0.25, 0.3) is 0 Å². The first-order valence-corrected chi connectivity index (χ1v) is 12.0. The molecule has 1 aromatic heterocycles. The van der Waals surface area contributed by atoms with Crippen molar-refractivity contribution < 1.29 is 13.9 Å². The van der Waals surface area contributed by atoms with Crippen LogP contribution in [0.15, 0.2) is 42.6 Å². The Balaban J connectivity index is 1.83. The highest BCUT2D eigenvalue weighted by atomic mass is 19.1. The SMILES string of the molecule is CCCCCCCCc1ccc(-c2ccc(OC(=O)[C@H](C)[C@H](F)CCCC)cc2)nc1. The van der Waals surface area contributed by atoms with E-state index >= 15 is 0 Å². The molecule has 1 heterocycles. The summed E-state index contributed by atoms with van der Waals surface area (Å²) in [5, 5.41) is 0. The Morgan fingerprint density at radius 3 is 2.26 bits per heavy atom. The van der Waals surface area contributed by atoms with Crippen molar-refractivity contribution in [1.29, 1.82) is 0 Å². The number of alkyl halides is 1. The van der Waals surface area contributed by atoms with Gasteiger partial charge in [0.15, 0.2) is 0 Å². The van der Waals surface area contributed by atoms with Gasteiger partial charge in [0, 0.05) is 11.8 Å². The zero-order valence-corrected chi connectivity index (χ0v) is 19.4. The van der Waals surface area contributed by atoms with Crippen molar-refractivity contribution in [1.82, 2.24) is 4.98 Å². The van der Waals surface area contributed by atoms with Crippen LogP contribution >= 0.6 is 0 Å². The maximum atomic E-state index is 14.1. The molecule has 0 saturated carbocycles. The number of carbonyl (C=O) groups is 1. The van der Waals surface area contributed by atoms with Crippen LogP contribution in [0.25, 0.3) is 11.3 Å². The van der Waals surface area contributed by atoms with Crippen LogP contribution < -0.4 is 4.74 Å². The summed E-state index contributed by atoms with van der Waals surface area (Å²) in [4.78, 5) is 16.8. The van der Waals surface area contributed by atoms with Crippen molar-refractivity contribution >= 4 is 5.97 Å². The van der Waals surface area contributed by atoms with Crippen LogP contribution in [0.5, 0.6) is 5.75 Å². The van der Waals surface area contributed by atoms with Crippen LogP contribution in [0, 0.1) is 5.92 Å². The topological polar surface area (TPSA) is 39.2 Å². The van der Waals surface area contributed by atoms with E-state index in [9.17, 15) is 9.18 Å². The number of hydrogen-bond donors (Lipinski definition) is 0. The predicted molar refractivity (Wildman–Crippen MR) is 126 cm³/mol. The molecule has 31 heavy (non-hydrogen) atoms. The molecule has 170 valence electrons. The Bertz CT molecular complexity index is 758. The molecule has 4 heteroatoms. The molecular formula is C27H38FNO2. The third-order valence-electron chi connectivity index (χ3n) is 5.76. The number of unbranched alkanes of at least 4 members (excludes halogenated alkanes) is 6. The van der Waals surface area contributed by atoms with E-state index in [4.69, 9.17) is 4.74 Å². The van der Waals surface area contributed by atoms with Gasteiger partial charge in [-0.25, -0.2) is 4.39 Å². The third kappa shape index (κ3) is 8.80. The van der Waals surface area contributed by atoms with Gasteiger partial charge in [0.05, 0.1) is 11.6 Å². The highest BCUT2D eigenvalue weighted by molar-refractivity contribution is 5.75. The molecule has 0 aliphatic heterocycles. The first kappa shape index (κ1) is 25.0. The average molecular weight is 428 g/mol. The molecule has 0 amide bonds. The van der Waals surface area contributed by atoms with E-state index in [-0.39, 0.29) is 0 Å². The molecule has 0 unspecified atom stereocenters. The van der Waals surface area contributed by atoms with Crippen molar-refractivity contribution in [3.63, 3.8) is 0 Å². The number of rotatable bonds is 14. The zero-order valence-electron chi connectivity index (χ0n) is 19.4. The number of ether oxygens (including phenoxy) is 1. The molecule has 0 spiro atoms.